The number of H-pyrrole nitrogens is 2. The number of carboxylic acids is 1. The van der Waals surface area contributed by atoms with Crippen molar-refractivity contribution >= 4 is 33.7 Å². The van der Waals surface area contributed by atoms with Crippen LogP contribution in [0.15, 0.2) is 47.5 Å². The van der Waals surface area contributed by atoms with Gasteiger partial charge in [-0.05, 0) is 31.2 Å². The van der Waals surface area contributed by atoms with Crippen LogP contribution in [0.5, 0.6) is 0 Å². The number of fused-ring (bicyclic) bond motifs is 3. The molecule has 28 heavy (non-hydrogen) atoms. The summed E-state index contributed by atoms with van der Waals surface area (Å²) in [6.45, 7) is 4.37. The molecule has 0 aliphatic heterocycles. The highest BCUT2D eigenvalue weighted by Gasteiger charge is 2.08. The average molecular weight is 379 g/mol. The molecule has 0 spiro atoms. The highest BCUT2D eigenvalue weighted by Crippen LogP contribution is 2.26. The number of aliphatic carboxylic acids is 1. The van der Waals surface area contributed by atoms with Crippen LogP contribution in [0.4, 0.5) is 5.95 Å². The molecule has 0 aliphatic rings. The van der Waals surface area contributed by atoms with E-state index in [0.717, 1.165) is 34.1 Å². The predicted molar refractivity (Wildman–Crippen MR) is 110 cm³/mol. The average Bonchev–Trinajstić information content (AvgIpc) is 3.20. The van der Waals surface area contributed by atoms with Crippen LogP contribution >= 0.6 is 0 Å². The van der Waals surface area contributed by atoms with Crippen molar-refractivity contribution in [3.63, 3.8) is 0 Å². The van der Waals surface area contributed by atoms with Crippen LogP contribution in [-0.2, 0) is 4.79 Å². The molecule has 0 saturated carbocycles. The van der Waals surface area contributed by atoms with E-state index in [1.54, 1.807) is 19.3 Å². The number of hydrogen-bond acceptors (Lipinski definition) is 5. The van der Waals surface area contributed by atoms with Crippen LogP contribution < -0.4 is 10.9 Å². The normalized spacial score (nSPS) is 10.5. The Labute approximate surface area is 160 Å². The van der Waals surface area contributed by atoms with Crippen molar-refractivity contribution in [2.45, 2.75) is 20.3 Å². The molecule has 4 aromatic rings. The molecule has 0 fully saturated rings. The van der Waals surface area contributed by atoms with E-state index < -0.39 is 5.97 Å². The van der Waals surface area contributed by atoms with E-state index >= 15 is 0 Å². The van der Waals surface area contributed by atoms with Gasteiger partial charge in [0, 0.05) is 47.2 Å². The van der Waals surface area contributed by atoms with Gasteiger partial charge in [-0.15, -0.1) is 0 Å². The van der Waals surface area contributed by atoms with Crippen molar-refractivity contribution in [3.8, 4) is 11.3 Å². The lowest BCUT2D eigenvalue weighted by atomic mass is 10.1. The van der Waals surface area contributed by atoms with Crippen molar-refractivity contribution in [3.05, 3.63) is 53.1 Å². The Balaban J connectivity index is 0.000000403. The second kappa shape index (κ2) is 8.34. The first-order valence-electron chi connectivity index (χ1n) is 8.95. The second-order valence-corrected chi connectivity index (χ2v) is 6.02. The topological polar surface area (TPSA) is 124 Å². The van der Waals surface area contributed by atoms with Crippen LogP contribution in [-0.4, -0.2) is 37.6 Å². The van der Waals surface area contributed by atoms with Gasteiger partial charge in [0.2, 0.25) is 5.95 Å². The van der Waals surface area contributed by atoms with Gasteiger partial charge >= 0.3 is 5.97 Å². The molecule has 0 saturated heterocycles. The van der Waals surface area contributed by atoms with Gasteiger partial charge in [0.05, 0.1) is 5.69 Å². The van der Waals surface area contributed by atoms with E-state index in [9.17, 15) is 9.59 Å². The molecular weight excluding hydrogens is 358 g/mol. The highest BCUT2D eigenvalue weighted by molar-refractivity contribution is 6.05. The number of carboxylic acid groups (broad SMARTS) is 1. The summed E-state index contributed by atoms with van der Waals surface area (Å²) >= 11 is 0. The number of nitrogens with one attached hydrogen (secondary N) is 3. The van der Waals surface area contributed by atoms with Crippen molar-refractivity contribution < 1.29 is 9.90 Å². The molecule has 0 unspecified atom stereocenters. The molecule has 144 valence electrons. The lowest BCUT2D eigenvalue weighted by Gasteiger charge is -2.06. The molecule has 8 nitrogen and oxygen atoms in total. The smallest absolute Gasteiger partial charge is 0.303 e. The van der Waals surface area contributed by atoms with Crippen LogP contribution in [0.3, 0.4) is 0 Å². The fraction of sp³-hybridized carbons (Fsp3) is 0.200. The van der Waals surface area contributed by atoms with E-state index in [1.165, 1.54) is 0 Å². The maximum absolute atomic E-state index is 12.0. The number of aromatic amines is 2. The Bertz CT molecular complexity index is 1180. The number of benzene rings is 1. The molecule has 0 radical (unpaired) electrons. The molecule has 0 bridgehead atoms. The number of rotatable bonds is 4. The van der Waals surface area contributed by atoms with Crippen molar-refractivity contribution in [1.29, 1.82) is 0 Å². The summed E-state index contributed by atoms with van der Waals surface area (Å²) in [7, 11) is 0. The van der Waals surface area contributed by atoms with E-state index in [4.69, 9.17) is 5.11 Å². The highest BCUT2D eigenvalue weighted by atomic mass is 16.4. The zero-order valence-corrected chi connectivity index (χ0v) is 15.6. The summed E-state index contributed by atoms with van der Waals surface area (Å²) in [4.78, 5) is 36.0. The number of carbonyl (C=O) groups is 1. The fourth-order valence-corrected chi connectivity index (χ4v) is 2.76. The number of anilines is 1. The van der Waals surface area contributed by atoms with Crippen LogP contribution in [0.25, 0.3) is 33.1 Å². The third kappa shape index (κ3) is 4.01. The van der Waals surface area contributed by atoms with Crippen LogP contribution in [0.1, 0.15) is 20.3 Å². The van der Waals surface area contributed by atoms with Gasteiger partial charge in [-0.2, -0.15) is 0 Å². The van der Waals surface area contributed by atoms with Gasteiger partial charge in [-0.1, -0.05) is 13.0 Å². The maximum Gasteiger partial charge on any atom is 0.303 e. The lowest BCUT2D eigenvalue weighted by molar-refractivity contribution is -0.136. The van der Waals surface area contributed by atoms with E-state index in [1.807, 2.05) is 37.3 Å². The van der Waals surface area contributed by atoms with E-state index in [2.05, 4.69) is 25.3 Å². The first-order valence-corrected chi connectivity index (χ1v) is 8.95. The SMILES string of the molecule is CCC(=O)O.CCNc1nccc(-c2ccc3[nH]c(=O)c4[nH]ccc4c3c2)n1. The summed E-state index contributed by atoms with van der Waals surface area (Å²) in [6.07, 6.45) is 3.74. The molecular formula is C20H21N5O3. The first kappa shape index (κ1) is 19.1. The Kier molecular flexibility index (Phi) is 5.69. The third-order valence-corrected chi connectivity index (χ3v) is 4.12. The third-order valence-electron chi connectivity index (χ3n) is 4.12. The monoisotopic (exact) mass is 379 g/mol. The second-order valence-electron chi connectivity index (χ2n) is 6.02. The molecule has 8 heteroatoms. The zero-order valence-electron chi connectivity index (χ0n) is 15.6. The largest absolute Gasteiger partial charge is 0.481 e. The lowest BCUT2D eigenvalue weighted by Crippen LogP contribution is -2.06. The summed E-state index contributed by atoms with van der Waals surface area (Å²) in [5, 5.41) is 12.7. The first-order chi connectivity index (χ1) is 13.5. The number of hydrogen-bond donors (Lipinski definition) is 4. The van der Waals surface area contributed by atoms with Gasteiger partial charge in [0.1, 0.15) is 5.52 Å². The maximum atomic E-state index is 12.0. The van der Waals surface area contributed by atoms with Crippen LogP contribution in [0.2, 0.25) is 0 Å². The zero-order chi connectivity index (χ0) is 20.1. The van der Waals surface area contributed by atoms with Gasteiger partial charge in [-0.25, -0.2) is 9.97 Å². The van der Waals surface area contributed by atoms with E-state index in [0.29, 0.717) is 11.5 Å². The summed E-state index contributed by atoms with van der Waals surface area (Å²) < 4.78 is 0. The molecule has 0 aliphatic carbocycles. The van der Waals surface area contributed by atoms with Crippen molar-refractivity contribution in [2.24, 2.45) is 0 Å². The van der Waals surface area contributed by atoms with Crippen molar-refractivity contribution in [2.75, 3.05) is 11.9 Å². The molecule has 3 heterocycles. The van der Waals surface area contributed by atoms with Crippen LogP contribution in [0, 0.1) is 0 Å². The fourth-order valence-electron chi connectivity index (χ4n) is 2.76. The molecule has 1 aromatic carbocycles. The predicted octanol–water partition coefficient (Wildman–Crippen LogP) is 3.38. The molecule has 0 amide bonds. The van der Waals surface area contributed by atoms with Gasteiger partial charge in [-0.3, -0.25) is 9.59 Å². The summed E-state index contributed by atoms with van der Waals surface area (Å²) in [5.74, 6) is -0.136. The minimum atomic E-state index is -0.745. The Morgan fingerprint density at radius 1 is 1.18 bits per heavy atom. The summed E-state index contributed by atoms with van der Waals surface area (Å²) in [5.41, 5.74) is 3.11. The molecule has 3 aromatic heterocycles. The Morgan fingerprint density at radius 3 is 2.68 bits per heavy atom. The van der Waals surface area contributed by atoms with E-state index in [-0.39, 0.29) is 12.0 Å². The number of nitrogens with zero attached hydrogens (tertiary/aromatic N) is 2. The number of aromatic nitrogens is 4. The minimum Gasteiger partial charge on any atom is -0.481 e. The summed E-state index contributed by atoms with van der Waals surface area (Å²) in [6, 6.07) is 9.70. The minimum absolute atomic E-state index is 0.110. The van der Waals surface area contributed by atoms with Gasteiger partial charge in [0.15, 0.2) is 0 Å². The Hall–Kier alpha value is -3.68. The Morgan fingerprint density at radius 2 is 1.96 bits per heavy atom. The molecule has 4 rings (SSSR count). The standard InChI is InChI=1S/C17H15N5O.C3H6O2/c1-2-18-17-20-8-6-13(22-17)10-3-4-14-12(9-10)11-5-7-19-15(11)16(23)21-14;1-2-3(4)5/h3-9,19H,2H2,1H3,(H,21,23)(H,18,20,22);2H2,1H3,(H,4,5). The van der Waals surface area contributed by atoms with Gasteiger partial charge in [0.25, 0.3) is 5.56 Å². The quantitative estimate of drug-likeness (QED) is 0.431. The molecule has 4 N–H and O–H groups in total. The van der Waals surface area contributed by atoms with Gasteiger partial charge < -0.3 is 20.4 Å². The molecule has 0 atom stereocenters. The number of pyridine rings is 1. The van der Waals surface area contributed by atoms with Crippen molar-refractivity contribution in [1.82, 2.24) is 19.9 Å².